The van der Waals surface area contributed by atoms with Gasteiger partial charge < -0.3 is 4.74 Å². The molecule has 0 radical (unpaired) electrons. The molecule has 2 aliphatic heterocycles. The lowest BCUT2D eigenvalue weighted by Gasteiger charge is -2.12. The van der Waals surface area contributed by atoms with Crippen LogP contribution in [-0.4, -0.2) is 17.5 Å². The number of carbonyl (C=O) groups excluding carboxylic acids is 1. The Morgan fingerprint density at radius 1 is 1.80 bits per heavy atom. The summed E-state index contributed by atoms with van der Waals surface area (Å²) in [5.41, 5.74) is 0.650. The van der Waals surface area contributed by atoms with E-state index in [4.69, 9.17) is 4.74 Å². The molecule has 2 unspecified atom stereocenters. The van der Waals surface area contributed by atoms with Gasteiger partial charge in [0.15, 0.2) is 5.78 Å². The average Bonchev–Trinajstić information content (AvgIpc) is 2.20. The normalized spacial score (nSPS) is 44.4. The summed E-state index contributed by atoms with van der Waals surface area (Å²) in [5.74, 6) is 0.225. The Labute approximate surface area is 59.9 Å². The summed E-state index contributed by atoms with van der Waals surface area (Å²) in [6.45, 7) is 3.86. The molecule has 0 spiro atoms. The van der Waals surface area contributed by atoms with Crippen LogP contribution in [0.15, 0.2) is 11.6 Å². The lowest BCUT2D eigenvalue weighted by atomic mass is 9.91. The first kappa shape index (κ1) is 6.10. The topological polar surface area (TPSA) is 26.3 Å². The number of hydrogen-bond acceptors (Lipinski definition) is 2. The zero-order chi connectivity index (χ0) is 7.35. The van der Waals surface area contributed by atoms with Gasteiger partial charge in [-0.25, -0.2) is 0 Å². The van der Waals surface area contributed by atoms with Gasteiger partial charge in [-0.3, -0.25) is 4.79 Å². The van der Waals surface area contributed by atoms with Gasteiger partial charge in [-0.1, -0.05) is 0 Å². The Balaban J connectivity index is 2.45. The Hall–Kier alpha value is -0.630. The molecule has 0 aliphatic carbocycles. The molecule has 0 saturated carbocycles. The summed E-state index contributed by atoms with van der Waals surface area (Å²) < 4.78 is 5.44. The fraction of sp³-hybridized carbons (Fsp3) is 0.625. The quantitative estimate of drug-likeness (QED) is 0.468. The third-order valence-corrected chi connectivity index (χ3v) is 2.32. The number of ether oxygens (including phenoxy) is 1. The molecule has 0 aromatic carbocycles. The van der Waals surface area contributed by atoms with Gasteiger partial charge in [0.05, 0.1) is 6.10 Å². The van der Waals surface area contributed by atoms with Crippen LogP contribution in [0.1, 0.15) is 20.3 Å². The van der Waals surface area contributed by atoms with Crippen molar-refractivity contribution in [3.05, 3.63) is 11.6 Å². The Morgan fingerprint density at radius 2 is 2.50 bits per heavy atom. The van der Waals surface area contributed by atoms with E-state index in [1.807, 2.05) is 19.9 Å². The molecule has 2 heterocycles. The van der Waals surface area contributed by atoms with Gasteiger partial charge in [-0.15, -0.1) is 0 Å². The van der Waals surface area contributed by atoms with Crippen molar-refractivity contribution in [1.82, 2.24) is 0 Å². The maximum absolute atomic E-state index is 11.1. The minimum Gasteiger partial charge on any atom is -0.355 e. The van der Waals surface area contributed by atoms with Crippen LogP contribution in [0.5, 0.6) is 0 Å². The van der Waals surface area contributed by atoms with Gasteiger partial charge >= 0.3 is 0 Å². The van der Waals surface area contributed by atoms with E-state index in [-0.39, 0.29) is 11.9 Å². The van der Waals surface area contributed by atoms with Crippen molar-refractivity contribution in [2.75, 3.05) is 0 Å². The largest absolute Gasteiger partial charge is 0.355 e. The van der Waals surface area contributed by atoms with Crippen molar-refractivity contribution in [3.63, 3.8) is 0 Å². The molecule has 2 heteroatoms. The molecule has 10 heavy (non-hydrogen) atoms. The SMILES string of the molecule is CC1=CC2(C)OC1CC2=O. The minimum atomic E-state index is -0.561. The van der Waals surface area contributed by atoms with E-state index in [1.54, 1.807) is 0 Å². The molecule has 2 nitrogen and oxygen atoms in total. The first-order chi connectivity index (χ1) is 4.62. The van der Waals surface area contributed by atoms with Crippen LogP contribution in [0.2, 0.25) is 0 Å². The van der Waals surface area contributed by atoms with E-state index >= 15 is 0 Å². The van der Waals surface area contributed by atoms with Crippen LogP contribution >= 0.6 is 0 Å². The van der Waals surface area contributed by atoms with Crippen molar-refractivity contribution in [2.24, 2.45) is 0 Å². The van der Waals surface area contributed by atoms with Gasteiger partial charge in [0.2, 0.25) is 0 Å². The molecular formula is C8H10O2. The van der Waals surface area contributed by atoms with E-state index in [0.717, 1.165) is 0 Å². The van der Waals surface area contributed by atoms with Gasteiger partial charge in [-0.2, -0.15) is 0 Å². The second-order valence-corrected chi connectivity index (χ2v) is 3.23. The van der Waals surface area contributed by atoms with Crippen molar-refractivity contribution in [1.29, 1.82) is 0 Å². The number of fused-ring (bicyclic) bond motifs is 2. The summed E-state index contributed by atoms with van der Waals surface area (Å²) in [4.78, 5) is 11.1. The molecule has 0 aromatic heterocycles. The smallest absolute Gasteiger partial charge is 0.171 e. The third-order valence-electron chi connectivity index (χ3n) is 2.32. The third kappa shape index (κ3) is 0.548. The number of Topliss-reactive ketones (excluding diaryl/α,β-unsaturated/α-hetero) is 1. The van der Waals surface area contributed by atoms with E-state index in [9.17, 15) is 4.79 Å². The van der Waals surface area contributed by atoms with Crippen LogP contribution in [0.3, 0.4) is 0 Å². The maximum Gasteiger partial charge on any atom is 0.171 e. The molecule has 2 atom stereocenters. The second-order valence-electron chi connectivity index (χ2n) is 3.23. The summed E-state index contributed by atoms with van der Waals surface area (Å²) in [6, 6.07) is 0. The molecule has 0 amide bonds. The minimum absolute atomic E-state index is 0.0949. The lowest BCUT2D eigenvalue weighted by molar-refractivity contribution is -0.125. The first-order valence-corrected chi connectivity index (χ1v) is 3.52. The van der Waals surface area contributed by atoms with Crippen molar-refractivity contribution in [3.8, 4) is 0 Å². The molecule has 2 bridgehead atoms. The summed E-state index contributed by atoms with van der Waals surface area (Å²) in [6.07, 6.45) is 2.61. The highest BCUT2D eigenvalue weighted by molar-refractivity contribution is 5.93. The Bertz CT molecular complexity index is 229. The van der Waals surface area contributed by atoms with Crippen LogP contribution in [0.4, 0.5) is 0 Å². The van der Waals surface area contributed by atoms with Gasteiger partial charge in [0.25, 0.3) is 0 Å². The van der Waals surface area contributed by atoms with Gasteiger partial charge in [0, 0.05) is 6.42 Å². The van der Waals surface area contributed by atoms with Crippen molar-refractivity contribution in [2.45, 2.75) is 32.0 Å². The maximum atomic E-state index is 11.1. The first-order valence-electron chi connectivity index (χ1n) is 3.52. The number of hydrogen-bond donors (Lipinski definition) is 0. The summed E-state index contributed by atoms with van der Waals surface area (Å²) >= 11 is 0. The van der Waals surface area contributed by atoms with Crippen LogP contribution < -0.4 is 0 Å². The zero-order valence-corrected chi connectivity index (χ0v) is 6.18. The molecule has 0 N–H and O–H groups in total. The molecule has 2 aliphatic rings. The fourth-order valence-electron chi connectivity index (χ4n) is 1.67. The van der Waals surface area contributed by atoms with E-state index in [0.29, 0.717) is 6.42 Å². The summed E-state index contributed by atoms with van der Waals surface area (Å²) in [5, 5.41) is 0. The predicted molar refractivity (Wildman–Crippen MR) is 36.7 cm³/mol. The highest BCUT2D eigenvalue weighted by Crippen LogP contribution is 2.38. The number of ketones is 1. The van der Waals surface area contributed by atoms with Crippen molar-refractivity contribution < 1.29 is 9.53 Å². The van der Waals surface area contributed by atoms with Crippen molar-refractivity contribution >= 4 is 5.78 Å². The highest BCUT2D eigenvalue weighted by Gasteiger charge is 2.48. The second kappa shape index (κ2) is 1.51. The number of rotatable bonds is 0. The lowest BCUT2D eigenvalue weighted by Crippen LogP contribution is -2.27. The van der Waals surface area contributed by atoms with Gasteiger partial charge in [-0.05, 0) is 25.5 Å². The predicted octanol–water partition coefficient (Wildman–Crippen LogP) is 1.06. The molecular weight excluding hydrogens is 128 g/mol. The summed E-state index contributed by atoms with van der Waals surface area (Å²) in [7, 11) is 0. The number of carbonyl (C=O) groups is 1. The molecule has 2 rings (SSSR count). The van der Waals surface area contributed by atoms with Crippen LogP contribution in [0.25, 0.3) is 0 Å². The van der Waals surface area contributed by atoms with E-state index < -0.39 is 5.60 Å². The highest BCUT2D eigenvalue weighted by atomic mass is 16.5. The fourth-order valence-corrected chi connectivity index (χ4v) is 1.67. The molecule has 1 fully saturated rings. The van der Waals surface area contributed by atoms with Crippen LogP contribution in [-0.2, 0) is 9.53 Å². The van der Waals surface area contributed by atoms with Crippen LogP contribution in [0, 0.1) is 0 Å². The molecule has 1 saturated heterocycles. The Kier molecular flexibility index (Phi) is 0.920. The van der Waals surface area contributed by atoms with Gasteiger partial charge in [0.1, 0.15) is 5.60 Å². The molecule has 54 valence electrons. The standard InChI is InChI=1S/C8H10O2/c1-5-4-8(2)7(9)3-6(5)10-8/h4,6H,3H2,1-2H3. The van der Waals surface area contributed by atoms with E-state index in [2.05, 4.69) is 0 Å². The Morgan fingerprint density at radius 3 is 2.80 bits per heavy atom. The van der Waals surface area contributed by atoms with E-state index in [1.165, 1.54) is 5.57 Å². The molecule has 0 aromatic rings. The zero-order valence-electron chi connectivity index (χ0n) is 6.18. The average molecular weight is 138 g/mol. The monoisotopic (exact) mass is 138 g/mol.